The van der Waals surface area contributed by atoms with Gasteiger partial charge in [-0.15, -0.1) is 0 Å². The third kappa shape index (κ3) is 5.82. The highest BCUT2D eigenvalue weighted by Gasteiger charge is 2.41. The van der Waals surface area contributed by atoms with Crippen molar-refractivity contribution in [2.24, 2.45) is 0 Å². The number of nitrogens with zero attached hydrogens (tertiary/aromatic N) is 5. The van der Waals surface area contributed by atoms with Crippen molar-refractivity contribution in [3.8, 4) is 11.1 Å². The number of fused-ring (bicyclic) bond motifs is 1. The third-order valence-electron chi connectivity index (χ3n) is 8.07. The average Bonchev–Trinajstić information content (AvgIpc) is 3.61. The Bertz CT molecular complexity index is 1280. The summed E-state index contributed by atoms with van der Waals surface area (Å²) in [5, 5.41) is 7.94. The number of aromatic nitrogens is 3. The Morgan fingerprint density at radius 1 is 1.05 bits per heavy atom. The summed E-state index contributed by atoms with van der Waals surface area (Å²) in [5.74, 6) is 0. The second-order valence-electron chi connectivity index (χ2n) is 11.2. The SMILES string of the molecule is C[C@@H]1Cc2cc(-c3cnn(C4CC4)c3)ccc2[C@@H](c2ccc(NC3CN(CCCF)C3)cn2)N1CC(F)(F)F. The highest BCUT2D eigenvalue weighted by molar-refractivity contribution is 5.64. The number of anilines is 1. The molecule has 0 radical (unpaired) electrons. The lowest BCUT2D eigenvalue weighted by molar-refractivity contribution is -0.155. The Morgan fingerprint density at radius 2 is 1.87 bits per heavy atom. The molecule has 1 saturated carbocycles. The second-order valence-corrected chi connectivity index (χ2v) is 11.2. The van der Waals surface area contributed by atoms with E-state index in [9.17, 15) is 17.6 Å². The maximum absolute atomic E-state index is 13.7. The van der Waals surface area contributed by atoms with Crippen LogP contribution in [0.4, 0.5) is 23.2 Å². The number of rotatable bonds is 9. The van der Waals surface area contributed by atoms with Crippen molar-refractivity contribution in [3.05, 3.63) is 65.7 Å². The van der Waals surface area contributed by atoms with E-state index in [-0.39, 0.29) is 18.8 Å². The minimum Gasteiger partial charge on any atom is -0.378 e. The van der Waals surface area contributed by atoms with E-state index >= 15 is 0 Å². The summed E-state index contributed by atoms with van der Waals surface area (Å²) in [6, 6.07) is 9.65. The highest BCUT2D eigenvalue weighted by Crippen LogP contribution is 2.41. The van der Waals surface area contributed by atoms with E-state index in [1.54, 1.807) is 6.20 Å². The van der Waals surface area contributed by atoms with Crippen molar-refractivity contribution in [1.82, 2.24) is 24.6 Å². The van der Waals surface area contributed by atoms with Crippen molar-refractivity contribution in [2.75, 3.05) is 38.2 Å². The third-order valence-corrected chi connectivity index (χ3v) is 8.07. The number of likely N-dealkylation sites (tertiary alicyclic amines) is 1. The van der Waals surface area contributed by atoms with Gasteiger partial charge in [-0.05, 0) is 61.4 Å². The molecule has 0 unspecified atom stereocenters. The van der Waals surface area contributed by atoms with Crippen LogP contribution in [0.2, 0.25) is 0 Å². The Hall–Kier alpha value is -2.98. The molecule has 39 heavy (non-hydrogen) atoms. The van der Waals surface area contributed by atoms with Crippen LogP contribution < -0.4 is 5.32 Å². The molecule has 1 aromatic carbocycles. The zero-order chi connectivity index (χ0) is 27.1. The summed E-state index contributed by atoms with van der Waals surface area (Å²) in [7, 11) is 0. The standard InChI is InChI=1S/C29H34F4N6/c1-19-11-21-12-20(22-13-35-39(15-22)25-5-6-25)3-7-26(21)28(38(19)18-29(31,32)33)27-8-4-23(14-34-27)36-24-16-37(17-24)10-2-9-30/h3-4,7-8,12-15,19,24-25,28,36H,2,5-6,9-11,16-18H2,1H3/t19-,28+/m1/s1. The van der Waals surface area contributed by atoms with E-state index in [1.807, 2.05) is 42.1 Å². The molecule has 3 aromatic rings. The molecule has 6 nitrogen and oxygen atoms in total. The average molecular weight is 543 g/mol. The van der Waals surface area contributed by atoms with Gasteiger partial charge in [0.2, 0.25) is 0 Å². The van der Waals surface area contributed by atoms with Crippen LogP contribution in [0.1, 0.15) is 55.1 Å². The van der Waals surface area contributed by atoms with E-state index in [0.717, 1.165) is 60.4 Å². The van der Waals surface area contributed by atoms with Crippen molar-refractivity contribution >= 4 is 5.69 Å². The quantitative estimate of drug-likeness (QED) is 0.355. The van der Waals surface area contributed by atoms with Gasteiger partial charge in [-0.3, -0.25) is 23.9 Å². The first-order valence-corrected chi connectivity index (χ1v) is 13.8. The molecule has 10 heteroatoms. The fraction of sp³-hybridized carbons (Fsp3) is 0.517. The normalized spacial score (nSPS) is 22.5. The Balaban J connectivity index is 1.25. The van der Waals surface area contributed by atoms with Gasteiger partial charge >= 0.3 is 6.18 Å². The molecule has 2 aromatic heterocycles. The molecule has 2 atom stereocenters. The van der Waals surface area contributed by atoms with Gasteiger partial charge in [-0.1, -0.05) is 18.2 Å². The molecule has 4 heterocycles. The van der Waals surface area contributed by atoms with E-state index in [1.165, 1.54) is 4.90 Å². The number of nitrogens with one attached hydrogen (secondary N) is 1. The van der Waals surface area contributed by atoms with E-state index < -0.39 is 18.8 Å². The number of halogens is 4. The molecular formula is C29H34F4N6. The van der Waals surface area contributed by atoms with Crippen molar-refractivity contribution in [3.63, 3.8) is 0 Å². The van der Waals surface area contributed by atoms with Gasteiger partial charge in [0.1, 0.15) is 0 Å². The summed E-state index contributed by atoms with van der Waals surface area (Å²) >= 11 is 0. The molecule has 2 aliphatic heterocycles. The summed E-state index contributed by atoms with van der Waals surface area (Å²) in [5.41, 5.74) is 5.41. The van der Waals surface area contributed by atoms with Crippen molar-refractivity contribution in [2.45, 2.75) is 63.0 Å². The molecule has 1 N–H and O–H groups in total. The maximum atomic E-state index is 13.7. The first-order valence-electron chi connectivity index (χ1n) is 13.8. The zero-order valence-corrected chi connectivity index (χ0v) is 22.0. The summed E-state index contributed by atoms with van der Waals surface area (Å²) in [6.07, 6.45) is 4.72. The number of hydrogen-bond acceptors (Lipinski definition) is 5. The largest absolute Gasteiger partial charge is 0.401 e. The first-order chi connectivity index (χ1) is 18.8. The Morgan fingerprint density at radius 3 is 2.56 bits per heavy atom. The minimum atomic E-state index is -4.32. The molecule has 6 rings (SSSR count). The van der Waals surface area contributed by atoms with Crippen LogP contribution in [-0.2, 0) is 6.42 Å². The predicted octanol–water partition coefficient (Wildman–Crippen LogP) is 5.63. The monoisotopic (exact) mass is 542 g/mol. The van der Waals surface area contributed by atoms with E-state index in [4.69, 9.17) is 0 Å². The molecule has 3 aliphatic rings. The zero-order valence-electron chi connectivity index (χ0n) is 22.0. The van der Waals surface area contributed by atoms with Crippen LogP contribution in [0.25, 0.3) is 11.1 Å². The lowest BCUT2D eigenvalue weighted by Crippen LogP contribution is -2.54. The number of alkyl halides is 4. The molecular weight excluding hydrogens is 508 g/mol. The van der Waals surface area contributed by atoms with Crippen LogP contribution in [-0.4, -0.2) is 75.7 Å². The van der Waals surface area contributed by atoms with Crippen LogP contribution in [0.3, 0.4) is 0 Å². The smallest absolute Gasteiger partial charge is 0.378 e. The molecule has 208 valence electrons. The number of hydrogen-bond donors (Lipinski definition) is 1. The molecule has 0 amide bonds. The Kier molecular flexibility index (Phi) is 7.09. The fourth-order valence-electron chi connectivity index (χ4n) is 5.92. The lowest BCUT2D eigenvalue weighted by atomic mass is 9.85. The molecule has 2 fully saturated rings. The van der Waals surface area contributed by atoms with E-state index in [2.05, 4.69) is 32.6 Å². The predicted molar refractivity (Wildman–Crippen MR) is 142 cm³/mol. The van der Waals surface area contributed by atoms with Gasteiger partial charge < -0.3 is 5.32 Å². The van der Waals surface area contributed by atoms with Gasteiger partial charge in [0, 0.05) is 37.4 Å². The van der Waals surface area contributed by atoms with E-state index in [0.29, 0.717) is 24.6 Å². The number of benzene rings is 1. The molecule has 1 saturated heterocycles. The topological polar surface area (TPSA) is 49.2 Å². The molecule has 1 aliphatic carbocycles. The second kappa shape index (κ2) is 10.5. The highest BCUT2D eigenvalue weighted by atomic mass is 19.4. The fourth-order valence-corrected chi connectivity index (χ4v) is 5.92. The lowest BCUT2D eigenvalue weighted by Gasteiger charge is -2.42. The van der Waals surface area contributed by atoms with Gasteiger partial charge in [0.05, 0.1) is 55.1 Å². The summed E-state index contributed by atoms with van der Waals surface area (Å²) < 4.78 is 55.5. The van der Waals surface area contributed by atoms with Crippen molar-refractivity contribution in [1.29, 1.82) is 0 Å². The van der Waals surface area contributed by atoms with Gasteiger partial charge in [0.25, 0.3) is 0 Å². The van der Waals surface area contributed by atoms with Gasteiger partial charge in [-0.25, -0.2) is 0 Å². The molecule has 0 bridgehead atoms. The van der Waals surface area contributed by atoms with Crippen LogP contribution in [0.15, 0.2) is 48.9 Å². The van der Waals surface area contributed by atoms with Crippen LogP contribution in [0.5, 0.6) is 0 Å². The van der Waals surface area contributed by atoms with Gasteiger partial charge in [0.15, 0.2) is 0 Å². The summed E-state index contributed by atoms with van der Waals surface area (Å²) in [6.45, 7) is 3.01. The maximum Gasteiger partial charge on any atom is 0.401 e. The molecule has 0 spiro atoms. The first kappa shape index (κ1) is 26.3. The summed E-state index contributed by atoms with van der Waals surface area (Å²) in [4.78, 5) is 8.38. The van der Waals surface area contributed by atoms with Crippen molar-refractivity contribution < 1.29 is 17.6 Å². The minimum absolute atomic E-state index is 0.261. The number of pyridine rings is 1. The van der Waals surface area contributed by atoms with Crippen LogP contribution >= 0.6 is 0 Å². The van der Waals surface area contributed by atoms with Gasteiger partial charge in [-0.2, -0.15) is 18.3 Å². The van der Waals surface area contributed by atoms with Crippen LogP contribution in [0, 0.1) is 0 Å². The Labute approximate surface area is 226 Å².